The van der Waals surface area contributed by atoms with Gasteiger partial charge >= 0.3 is 6.09 Å². The quantitative estimate of drug-likeness (QED) is 0.861. The zero-order valence-corrected chi connectivity index (χ0v) is 16.6. The van der Waals surface area contributed by atoms with Crippen LogP contribution in [-0.2, 0) is 9.53 Å². The van der Waals surface area contributed by atoms with Crippen molar-refractivity contribution in [2.75, 3.05) is 11.9 Å². The smallest absolute Gasteiger partial charge is 0.410 e. The highest BCUT2D eigenvalue weighted by molar-refractivity contribution is 7.10. The van der Waals surface area contributed by atoms with Crippen LogP contribution in [-0.4, -0.2) is 44.4 Å². The molecule has 1 saturated heterocycles. The third kappa shape index (κ3) is 5.03. The van der Waals surface area contributed by atoms with E-state index >= 15 is 0 Å². The molecule has 1 unspecified atom stereocenters. The van der Waals surface area contributed by atoms with Gasteiger partial charge in [0.15, 0.2) is 5.82 Å². The lowest BCUT2D eigenvalue weighted by atomic mass is 10.0. The largest absolute Gasteiger partial charge is 0.444 e. The highest BCUT2D eigenvalue weighted by Crippen LogP contribution is 2.24. The Morgan fingerprint density at radius 1 is 1.22 bits per heavy atom. The number of amides is 2. The first-order valence-electron chi connectivity index (χ1n) is 9.03. The monoisotopic (exact) mass is 388 g/mol. The average Bonchev–Trinajstić information content (AvgIpc) is 3.09. The minimum atomic E-state index is -0.598. The number of anilines is 1. The fraction of sp³-hybridized carbons (Fsp3) is 0.474. The normalized spacial score (nSPS) is 17.4. The van der Waals surface area contributed by atoms with Gasteiger partial charge in [0, 0.05) is 23.6 Å². The molecule has 1 fully saturated rings. The van der Waals surface area contributed by atoms with Crippen molar-refractivity contribution in [1.82, 2.24) is 14.3 Å². The number of ether oxygens (including phenoxy) is 1. The fourth-order valence-electron chi connectivity index (χ4n) is 2.91. The number of benzene rings is 1. The van der Waals surface area contributed by atoms with Crippen LogP contribution in [0.2, 0.25) is 0 Å². The zero-order valence-electron chi connectivity index (χ0n) is 15.8. The average molecular weight is 388 g/mol. The van der Waals surface area contributed by atoms with Crippen LogP contribution in [0.15, 0.2) is 30.3 Å². The van der Waals surface area contributed by atoms with Gasteiger partial charge in [-0.2, -0.15) is 9.36 Å². The molecule has 0 bridgehead atoms. The van der Waals surface area contributed by atoms with Gasteiger partial charge in [-0.1, -0.05) is 30.3 Å². The molecule has 0 aliphatic carbocycles. The minimum absolute atomic E-state index is 0.253. The van der Waals surface area contributed by atoms with Crippen molar-refractivity contribution in [3.63, 3.8) is 0 Å². The summed E-state index contributed by atoms with van der Waals surface area (Å²) in [5, 5.41) is 3.23. The molecule has 8 heteroatoms. The second-order valence-electron chi connectivity index (χ2n) is 7.46. The van der Waals surface area contributed by atoms with E-state index in [0.717, 1.165) is 29.9 Å². The molecule has 2 heterocycles. The summed E-state index contributed by atoms with van der Waals surface area (Å²) in [7, 11) is 0. The number of hydrogen-bond acceptors (Lipinski definition) is 6. The van der Waals surface area contributed by atoms with Crippen molar-refractivity contribution in [3.05, 3.63) is 30.3 Å². The van der Waals surface area contributed by atoms with E-state index in [-0.39, 0.29) is 5.91 Å². The van der Waals surface area contributed by atoms with Crippen molar-refractivity contribution in [1.29, 1.82) is 0 Å². The van der Waals surface area contributed by atoms with Crippen molar-refractivity contribution in [2.24, 2.45) is 0 Å². The summed E-state index contributed by atoms with van der Waals surface area (Å²) in [6.45, 7) is 5.96. The summed E-state index contributed by atoms with van der Waals surface area (Å²) in [4.78, 5) is 31.1. The maximum Gasteiger partial charge on any atom is 0.410 e. The molecule has 7 nitrogen and oxygen atoms in total. The van der Waals surface area contributed by atoms with Crippen LogP contribution in [0.4, 0.5) is 9.93 Å². The Morgan fingerprint density at radius 3 is 2.67 bits per heavy atom. The number of rotatable bonds is 3. The lowest BCUT2D eigenvalue weighted by Crippen LogP contribution is -2.51. The number of likely N-dealkylation sites (tertiary alicyclic amines) is 1. The molecule has 144 valence electrons. The minimum Gasteiger partial charge on any atom is -0.444 e. The molecule has 3 rings (SSSR count). The number of piperidine rings is 1. The van der Waals surface area contributed by atoms with Gasteiger partial charge in [0.2, 0.25) is 11.0 Å². The van der Waals surface area contributed by atoms with E-state index in [4.69, 9.17) is 4.74 Å². The van der Waals surface area contributed by atoms with Crippen LogP contribution >= 0.6 is 11.5 Å². The first kappa shape index (κ1) is 19.3. The van der Waals surface area contributed by atoms with Crippen LogP contribution in [0.1, 0.15) is 40.0 Å². The predicted molar refractivity (Wildman–Crippen MR) is 105 cm³/mol. The number of carbonyl (C=O) groups excluding carboxylic acids is 2. The molecule has 1 aromatic heterocycles. The molecular weight excluding hydrogens is 364 g/mol. The molecule has 1 aromatic carbocycles. The van der Waals surface area contributed by atoms with Crippen molar-refractivity contribution >= 4 is 28.7 Å². The molecule has 2 amide bonds. The Hall–Kier alpha value is -2.48. The number of carbonyl (C=O) groups is 2. The van der Waals surface area contributed by atoms with Gasteiger partial charge < -0.3 is 4.74 Å². The van der Waals surface area contributed by atoms with E-state index in [1.807, 2.05) is 51.1 Å². The van der Waals surface area contributed by atoms with Crippen LogP contribution < -0.4 is 5.32 Å². The lowest BCUT2D eigenvalue weighted by molar-refractivity contribution is -0.122. The van der Waals surface area contributed by atoms with Gasteiger partial charge in [0.1, 0.15) is 11.6 Å². The second-order valence-corrected chi connectivity index (χ2v) is 8.22. The van der Waals surface area contributed by atoms with Gasteiger partial charge in [0.05, 0.1) is 0 Å². The van der Waals surface area contributed by atoms with Gasteiger partial charge in [0.25, 0.3) is 0 Å². The summed E-state index contributed by atoms with van der Waals surface area (Å²) in [5.74, 6) is 0.319. The summed E-state index contributed by atoms with van der Waals surface area (Å²) in [6.07, 6.45) is 1.91. The number of hydrogen-bond donors (Lipinski definition) is 1. The van der Waals surface area contributed by atoms with Crippen molar-refractivity contribution < 1.29 is 14.3 Å². The van der Waals surface area contributed by atoms with E-state index in [9.17, 15) is 9.59 Å². The third-order valence-corrected chi connectivity index (χ3v) is 4.75. The van der Waals surface area contributed by atoms with Gasteiger partial charge in [-0.05, 0) is 40.0 Å². The third-order valence-electron chi connectivity index (χ3n) is 4.12. The standard InChI is InChI=1S/C19H24N4O3S/c1-19(2,3)26-18(25)23-12-8-7-11-14(23)16(24)21-17-20-15(22-27-17)13-9-5-4-6-10-13/h4-6,9-10,14H,7-8,11-12H2,1-3H3,(H,20,21,22,24). The number of nitrogens with zero attached hydrogens (tertiary/aromatic N) is 3. The maximum atomic E-state index is 12.8. The van der Waals surface area contributed by atoms with Crippen LogP contribution in [0.25, 0.3) is 11.4 Å². The number of nitrogens with one attached hydrogen (secondary N) is 1. The SMILES string of the molecule is CC(C)(C)OC(=O)N1CCCCC1C(=O)Nc1nc(-c2ccccc2)ns1. The van der Waals surface area contributed by atoms with E-state index in [2.05, 4.69) is 14.7 Å². The van der Waals surface area contributed by atoms with Crippen LogP contribution in [0.3, 0.4) is 0 Å². The molecule has 1 atom stereocenters. The molecule has 2 aromatic rings. The molecular formula is C19H24N4O3S. The van der Waals surface area contributed by atoms with Gasteiger partial charge in [-0.25, -0.2) is 4.79 Å². The summed E-state index contributed by atoms with van der Waals surface area (Å²) in [5.41, 5.74) is 0.293. The topological polar surface area (TPSA) is 84.4 Å². The molecule has 1 aliphatic heterocycles. The first-order valence-corrected chi connectivity index (χ1v) is 9.80. The van der Waals surface area contributed by atoms with Crippen molar-refractivity contribution in [3.8, 4) is 11.4 Å². The predicted octanol–water partition coefficient (Wildman–Crippen LogP) is 3.93. The molecule has 1 aliphatic rings. The Labute approximate surface area is 162 Å². The zero-order chi connectivity index (χ0) is 19.4. The summed E-state index contributed by atoms with van der Waals surface area (Å²) < 4.78 is 9.75. The van der Waals surface area contributed by atoms with E-state index in [0.29, 0.717) is 23.9 Å². The highest BCUT2D eigenvalue weighted by Gasteiger charge is 2.35. The second kappa shape index (κ2) is 8.04. The Balaban J connectivity index is 1.69. The van der Waals surface area contributed by atoms with E-state index < -0.39 is 17.7 Å². The number of aromatic nitrogens is 2. The van der Waals surface area contributed by atoms with Crippen LogP contribution in [0, 0.1) is 0 Å². The van der Waals surface area contributed by atoms with E-state index in [1.54, 1.807) is 0 Å². The molecule has 0 spiro atoms. The Bertz CT molecular complexity index is 801. The van der Waals surface area contributed by atoms with Gasteiger partial charge in [-0.15, -0.1) is 0 Å². The molecule has 0 radical (unpaired) electrons. The summed E-state index contributed by atoms with van der Waals surface area (Å²) >= 11 is 1.13. The Kier molecular flexibility index (Phi) is 5.74. The molecule has 27 heavy (non-hydrogen) atoms. The van der Waals surface area contributed by atoms with E-state index in [1.165, 1.54) is 4.90 Å². The lowest BCUT2D eigenvalue weighted by Gasteiger charge is -2.35. The maximum absolute atomic E-state index is 12.8. The van der Waals surface area contributed by atoms with Crippen LogP contribution in [0.5, 0.6) is 0 Å². The highest BCUT2D eigenvalue weighted by atomic mass is 32.1. The molecule has 0 saturated carbocycles. The first-order chi connectivity index (χ1) is 12.8. The summed E-state index contributed by atoms with van der Waals surface area (Å²) in [6, 6.07) is 9.02. The van der Waals surface area contributed by atoms with Gasteiger partial charge in [-0.3, -0.25) is 15.0 Å². The molecule has 1 N–H and O–H groups in total. The van der Waals surface area contributed by atoms with Crippen molar-refractivity contribution in [2.45, 2.75) is 51.7 Å². The fourth-order valence-corrected chi connectivity index (χ4v) is 3.50. The Morgan fingerprint density at radius 2 is 1.96 bits per heavy atom.